The zero-order valence-electron chi connectivity index (χ0n) is 12.7. The summed E-state index contributed by atoms with van der Waals surface area (Å²) in [5.74, 6) is 0. The van der Waals surface area contributed by atoms with Crippen LogP contribution in [0.5, 0.6) is 0 Å². The Bertz CT molecular complexity index is 332. The Morgan fingerprint density at radius 3 is 2.00 bits per heavy atom. The standard InChI is InChI=1S/C17H29N/c1-6-12-18-16(17(3,4)5)13-15-10-8-14(7-2)9-11-15/h8-11,16,18H,6-7,12-13H2,1-5H3. The van der Waals surface area contributed by atoms with Crippen molar-refractivity contribution in [2.24, 2.45) is 5.41 Å². The average Bonchev–Trinajstić information content (AvgIpc) is 2.34. The van der Waals surface area contributed by atoms with Gasteiger partial charge in [0.05, 0.1) is 0 Å². The molecule has 0 saturated heterocycles. The highest BCUT2D eigenvalue weighted by Crippen LogP contribution is 2.23. The Labute approximate surface area is 113 Å². The molecule has 1 N–H and O–H groups in total. The van der Waals surface area contributed by atoms with E-state index in [4.69, 9.17) is 0 Å². The van der Waals surface area contributed by atoms with Gasteiger partial charge in [-0.05, 0) is 42.3 Å². The number of nitrogens with one attached hydrogen (secondary N) is 1. The van der Waals surface area contributed by atoms with Crippen LogP contribution in [0, 0.1) is 5.41 Å². The largest absolute Gasteiger partial charge is 0.313 e. The molecule has 0 aliphatic heterocycles. The van der Waals surface area contributed by atoms with Crippen molar-refractivity contribution >= 4 is 0 Å². The van der Waals surface area contributed by atoms with E-state index in [9.17, 15) is 0 Å². The minimum Gasteiger partial charge on any atom is -0.313 e. The molecule has 0 radical (unpaired) electrons. The summed E-state index contributed by atoms with van der Waals surface area (Å²) in [4.78, 5) is 0. The van der Waals surface area contributed by atoms with Crippen molar-refractivity contribution in [1.29, 1.82) is 0 Å². The van der Waals surface area contributed by atoms with Crippen LogP contribution >= 0.6 is 0 Å². The third-order valence-electron chi connectivity index (χ3n) is 3.56. The van der Waals surface area contributed by atoms with Gasteiger partial charge in [-0.3, -0.25) is 0 Å². The molecule has 1 atom stereocenters. The number of hydrogen-bond acceptors (Lipinski definition) is 1. The van der Waals surface area contributed by atoms with Gasteiger partial charge in [0.15, 0.2) is 0 Å². The van der Waals surface area contributed by atoms with Crippen LogP contribution in [0.1, 0.15) is 52.2 Å². The van der Waals surface area contributed by atoms with E-state index in [1.807, 2.05) is 0 Å². The molecule has 1 nitrogen and oxygen atoms in total. The molecule has 0 aromatic heterocycles. The lowest BCUT2D eigenvalue weighted by molar-refractivity contribution is 0.267. The second-order valence-corrected chi connectivity index (χ2v) is 6.25. The van der Waals surface area contributed by atoms with Gasteiger partial charge in [-0.2, -0.15) is 0 Å². The van der Waals surface area contributed by atoms with Crippen LogP contribution in [0.4, 0.5) is 0 Å². The Hall–Kier alpha value is -0.820. The van der Waals surface area contributed by atoms with Gasteiger partial charge < -0.3 is 5.32 Å². The summed E-state index contributed by atoms with van der Waals surface area (Å²) in [6, 6.07) is 9.63. The lowest BCUT2D eigenvalue weighted by atomic mass is 9.83. The predicted molar refractivity (Wildman–Crippen MR) is 81.1 cm³/mol. The normalized spacial score (nSPS) is 13.6. The molecule has 1 aromatic carbocycles. The molecule has 0 amide bonds. The number of rotatable bonds is 6. The van der Waals surface area contributed by atoms with E-state index in [1.165, 1.54) is 17.5 Å². The van der Waals surface area contributed by atoms with Crippen molar-refractivity contribution in [3.8, 4) is 0 Å². The minimum absolute atomic E-state index is 0.304. The first-order chi connectivity index (χ1) is 8.47. The first-order valence-corrected chi connectivity index (χ1v) is 7.28. The van der Waals surface area contributed by atoms with Gasteiger partial charge in [0.2, 0.25) is 0 Å². The lowest BCUT2D eigenvalue weighted by Gasteiger charge is -2.32. The van der Waals surface area contributed by atoms with Crippen LogP contribution in [0.15, 0.2) is 24.3 Å². The maximum absolute atomic E-state index is 3.69. The highest BCUT2D eigenvalue weighted by Gasteiger charge is 2.23. The number of benzene rings is 1. The summed E-state index contributed by atoms with van der Waals surface area (Å²) < 4.78 is 0. The van der Waals surface area contributed by atoms with Crippen molar-refractivity contribution in [3.05, 3.63) is 35.4 Å². The van der Waals surface area contributed by atoms with E-state index in [0.717, 1.165) is 19.4 Å². The molecule has 102 valence electrons. The fourth-order valence-corrected chi connectivity index (χ4v) is 2.15. The second-order valence-electron chi connectivity index (χ2n) is 6.25. The summed E-state index contributed by atoms with van der Waals surface area (Å²) in [5, 5.41) is 3.69. The highest BCUT2D eigenvalue weighted by molar-refractivity contribution is 5.23. The van der Waals surface area contributed by atoms with Gasteiger partial charge in [0, 0.05) is 6.04 Å². The van der Waals surface area contributed by atoms with Crippen molar-refractivity contribution in [1.82, 2.24) is 5.32 Å². The third kappa shape index (κ3) is 4.81. The average molecular weight is 247 g/mol. The van der Waals surface area contributed by atoms with Gasteiger partial charge in [-0.1, -0.05) is 58.9 Å². The molecule has 0 saturated carbocycles. The topological polar surface area (TPSA) is 12.0 Å². The van der Waals surface area contributed by atoms with Crippen LogP contribution in [0.2, 0.25) is 0 Å². The zero-order valence-corrected chi connectivity index (χ0v) is 12.7. The van der Waals surface area contributed by atoms with Crippen molar-refractivity contribution in [2.45, 2.75) is 59.9 Å². The molecule has 0 bridgehead atoms. The van der Waals surface area contributed by atoms with Crippen molar-refractivity contribution in [2.75, 3.05) is 6.54 Å². The summed E-state index contributed by atoms with van der Waals surface area (Å²) >= 11 is 0. The highest BCUT2D eigenvalue weighted by atomic mass is 14.9. The Kier molecular flexibility index (Phi) is 5.87. The fraction of sp³-hybridized carbons (Fsp3) is 0.647. The third-order valence-corrected chi connectivity index (χ3v) is 3.56. The van der Waals surface area contributed by atoms with Crippen molar-refractivity contribution < 1.29 is 0 Å². The SMILES string of the molecule is CCCNC(Cc1ccc(CC)cc1)C(C)(C)C. The molecular weight excluding hydrogens is 218 g/mol. The van der Waals surface area contributed by atoms with Crippen LogP contribution in [-0.4, -0.2) is 12.6 Å². The van der Waals surface area contributed by atoms with E-state index in [2.05, 4.69) is 64.2 Å². The van der Waals surface area contributed by atoms with Gasteiger partial charge in [-0.25, -0.2) is 0 Å². The quantitative estimate of drug-likeness (QED) is 0.794. The predicted octanol–water partition coefficient (Wildman–Crippen LogP) is 4.21. The molecule has 1 unspecified atom stereocenters. The molecule has 0 aliphatic rings. The fourth-order valence-electron chi connectivity index (χ4n) is 2.15. The summed E-state index contributed by atoms with van der Waals surface area (Å²) in [5.41, 5.74) is 3.17. The number of hydrogen-bond donors (Lipinski definition) is 1. The van der Waals surface area contributed by atoms with Crippen LogP contribution in [0.25, 0.3) is 0 Å². The van der Waals surface area contributed by atoms with E-state index >= 15 is 0 Å². The van der Waals surface area contributed by atoms with E-state index in [0.29, 0.717) is 11.5 Å². The molecule has 18 heavy (non-hydrogen) atoms. The van der Waals surface area contributed by atoms with Gasteiger partial charge in [0.1, 0.15) is 0 Å². The van der Waals surface area contributed by atoms with E-state index in [-0.39, 0.29) is 0 Å². The molecule has 0 fully saturated rings. The molecule has 1 aromatic rings. The molecular formula is C17H29N. The maximum Gasteiger partial charge on any atom is 0.0156 e. The van der Waals surface area contributed by atoms with E-state index in [1.54, 1.807) is 0 Å². The lowest BCUT2D eigenvalue weighted by Crippen LogP contribution is -2.42. The van der Waals surface area contributed by atoms with Gasteiger partial charge in [-0.15, -0.1) is 0 Å². The summed E-state index contributed by atoms with van der Waals surface area (Å²) in [7, 11) is 0. The van der Waals surface area contributed by atoms with Crippen LogP contribution in [0.3, 0.4) is 0 Å². The Morgan fingerprint density at radius 1 is 1.00 bits per heavy atom. The zero-order chi connectivity index (χ0) is 13.6. The second kappa shape index (κ2) is 6.94. The molecule has 0 aliphatic carbocycles. The Morgan fingerprint density at radius 2 is 1.56 bits per heavy atom. The van der Waals surface area contributed by atoms with Gasteiger partial charge in [0.25, 0.3) is 0 Å². The smallest absolute Gasteiger partial charge is 0.0156 e. The monoisotopic (exact) mass is 247 g/mol. The first-order valence-electron chi connectivity index (χ1n) is 7.28. The van der Waals surface area contributed by atoms with Crippen LogP contribution in [-0.2, 0) is 12.8 Å². The molecule has 1 heteroatoms. The number of aryl methyl sites for hydroxylation is 1. The Balaban J connectivity index is 2.69. The summed E-state index contributed by atoms with van der Waals surface area (Å²) in [6.07, 6.45) is 3.44. The minimum atomic E-state index is 0.304. The molecule has 1 rings (SSSR count). The van der Waals surface area contributed by atoms with Gasteiger partial charge >= 0.3 is 0 Å². The van der Waals surface area contributed by atoms with E-state index < -0.39 is 0 Å². The first kappa shape index (κ1) is 15.2. The maximum atomic E-state index is 3.69. The molecule has 0 spiro atoms. The van der Waals surface area contributed by atoms with Crippen LogP contribution < -0.4 is 5.32 Å². The summed E-state index contributed by atoms with van der Waals surface area (Å²) in [6.45, 7) is 12.5. The molecule has 0 heterocycles. The van der Waals surface area contributed by atoms with Crippen molar-refractivity contribution in [3.63, 3.8) is 0 Å².